The molecule has 4 rings (SSSR count). The van der Waals surface area contributed by atoms with Crippen molar-refractivity contribution in [1.29, 1.82) is 0 Å². The highest BCUT2D eigenvalue weighted by molar-refractivity contribution is 6.10. The van der Waals surface area contributed by atoms with E-state index in [1.165, 1.54) is 29.1 Å². The number of carbonyl (C=O) groups is 2. The molecule has 0 fully saturated rings. The Labute approximate surface area is 173 Å². The quantitative estimate of drug-likeness (QED) is 0.613. The van der Waals surface area contributed by atoms with Crippen LogP contribution in [0.5, 0.6) is 0 Å². The Balaban J connectivity index is 1.62. The number of fused-ring (bicyclic) bond motifs is 1. The summed E-state index contributed by atoms with van der Waals surface area (Å²) in [6.45, 7) is 1.83. The molecule has 1 aliphatic rings. The molecule has 2 aromatic heterocycles. The van der Waals surface area contributed by atoms with Gasteiger partial charge in [-0.15, -0.1) is 0 Å². The van der Waals surface area contributed by atoms with Crippen LogP contribution >= 0.6 is 0 Å². The van der Waals surface area contributed by atoms with Crippen molar-refractivity contribution in [2.75, 3.05) is 5.32 Å². The van der Waals surface area contributed by atoms with Crippen LogP contribution in [0.4, 0.5) is 23.2 Å². The maximum atomic E-state index is 13.2. The smallest absolute Gasteiger partial charge is 0.317 e. The van der Waals surface area contributed by atoms with Crippen molar-refractivity contribution in [3.63, 3.8) is 0 Å². The molecule has 3 heterocycles. The molecule has 2 atom stereocenters. The van der Waals surface area contributed by atoms with Gasteiger partial charge in [0.1, 0.15) is 17.2 Å². The van der Waals surface area contributed by atoms with Crippen LogP contribution in [0.1, 0.15) is 57.4 Å². The van der Waals surface area contributed by atoms with Crippen LogP contribution < -0.4 is 5.32 Å². The van der Waals surface area contributed by atoms with Gasteiger partial charge in [0.15, 0.2) is 5.78 Å². The summed E-state index contributed by atoms with van der Waals surface area (Å²) >= 11 is 0. The molecule has 1 N–H and O–H groups in total. The zero-order valence-electron chi connectivity index (χ0n) is 16.2. The molecule has 1 unspecified atom stereocenters. The fraction of sp³-hybridized carbons (Fsp3) is 0.238. The van der Waals surface area contributed by atoms with E-state index < -0.39 is 29.4 Å². The Kier molecular flexibility index (Phi) is 5.08. The first-order chi connectivity index (χ1) is 14.6. The van der Waals surface area contributed by atoms with E-state index in [2.05, 4.69) is 15.4 Å². The van der Waals surface area contributed by atoms with Gasteiger partial charge in [0.25, 0.3) is 5.91 Å². The van der Waals surface area contributed by atoms with Gasteiger partial charge < -0.3 is 5.32 Å². The number of pyridine rings is 1. The molecular weight excluding hydrogens is 416 g/mol. The van der Waals surface area contributed by atoms with Gasteiger partial charge in [0.05, 0.1) is 35.6 Å². The third-order valence-electron chi connectivity index (χ3n) is 5.19. The lowest BCUT2D eigenvalue weighted by atomic mass is 9.84. The van der Waals surface area contributed by atoms with Crippen molar-refractivity contribution in [2.45, 2.75) is 31.5 Å². The second kappa shape index (κ2) is 7.60. The number of nitrogens with zero attached hydrogens (tertiary/aromatic N) is 3. The van der Waals surface area contributed by atoms with Crippen LogP contribution in [0.25, 0.3) is 0 Å². The van der Waals surface area contributed by atoms with E-state index in [9.17, 15) is 27.2 Å². The molecule has 6 nitrogen and oxygen atoms in total. The standard InChI is InChI=1S/C21H16F4N4O2/c1-11-8-15(12-2-4-13(5-3-12)21(23,24)25)19(30)18-17(10-27-29(11)18)28-20(31)16-7-6-14(22)9-26-16/h2-7,9-11,15H,8H2,1H3,(H,28,31)/t11-,15?/m0/s1. The predicted octanol–water partition coefficient (Wildman–Crippen LogP) is 4.62. The Morgan fingerprint density at radius 2 is 1.84 bits per heavy atom. The molecule has 0 bridgehead atoms. The van der Waals surface area contributed by atoms with Crippen molar-refractivity contribution in [1.82, 2.24) is 14.8 Å². The monoisotopic (exact) mass is 432 g/mol. The molecule has 0 saturated carbocycles. The van der Waals surface area contributed by atoms with Crippen molar-refractivity contribution in [3.8, 4) is 0 Å². The maximum Gasteiger partial charge on any atom is 0.416 e. The number of hydrogen-bond acceptors (Lipinski definition) is 4. The third kappa shape index (κ3) is 3.92. The SMILES string of the molecule is C[C@H]1CC(c2ccc(C(F)(F)F)cc2)C(=O)c2c(NC(=O)c3ccc(F)cn3)cnn21. The first kappa shape index (κ1) is 20.7. The molecule has 0 spiro atoms. The molecule has 10 heteroatoms. The van der Waals surface area contributed by atoms with Crippen LogP contribution in [0.3, 0.4) is 0 Å². The van der Waals surface area contributed by atoms with Crippen molar-refractivity contribution in [2.24, 2.45) is 0 Å². The number of hydrogen-bond donors (Lipinski definition) is 1. The van der Waals surface area contributed by atoms with Crippen LogP contribution in [0, 0.1) is 5.82 Å². The highest BCUT2D eigenvalue weighted by Gasteiger charge is 2.37. The number of carbonyl (C=O) groups excluding carboxylic acids is 2. The lowest BCUT2D eigenvalue weighted by Gasteiger charge is -2.28. The minimum atomic E-state index is -4.47. The minimum absolute atomic E-state index is 0.0445. The minimum Gasteiger partial charge on any atom is -0.317 e. The van der Waals surface area contributed by atoms with Gasteiger partial charge in [0, 0.05) is 0 Å². The number of benzene rings is 1. The van der Waals surface area contributed by atoms with Crippen molar-refractivity contribution >= 4 is 17.4 Å². The second-order valence-corrected chi connectivity index (χ2v) is 7.29. The van der Waals surface area contributed by atoms with Gasteiger partial charge in [-0.05, 0) is 43.2 Å². The number of ketones is 1. The summed E-state index contributed by atoms with van der Waals surface area (Å²) < 4.78 is 53.1. The van der Waals surface area contributed by atoms with Crippen molar-refractivity contribution in [3.05, 3.63) is 77.1 Å². The number of halogens is 4. The Hall–Kier alpha value is -3.56. The van der Waals surface area contributed by atoms with Crippen molar-refractivity contribution < 1.29 is 27.2 Å². The van der Waals surface area contributed by atoms with E-state index in [0.29, 0.717) is 12.0 Å². The van der Waals surface area contributed by atoms with Gasteiger partial charge >= 0.3 is 6.18 Å². The number of nitrogens with one attached hydrogen (secondary N) is 1. The number of amides is 1. The first-order valence-corrected chi connectivity index (χ1v) is 9.37. The largest absolute Gasteiger partial charge is 0.416 e. The molecule has 0 saturated heterocycles. The average Bonchev–Trinajstić information content (AvgIpc) is 3.15. The Morgan fingerprint density at radius 1 is 1.13 bits per heavy atom. The van der Waals surface area contributed by atoms with E-state index in [1.807, 2.05) is 6.92 Å². The summed E-state index contributed by atoms with van der Waals surface area (Å²) in [7, 11) is 0. The normalized spacial score (nSPS) is 18.5. The van der Waals surface area contributed by atoms with E-state index >= 15 is 0 Å². The fourth-order valence-electron chi connectivity index (χ4n) is 3.63. The average molecular weight is 432 g/mol. The molecular formula is C21H16F4N4O2. The highest BCUT2D eigenvalue weighted by atomic mass is 19.4. The number of rotatable bonds is 3. The number of alkyl halides is 3. The van der Waals surface area contributed by atoms with Crippen LogP contribution in [0.2, 0.25) is 0 Å². The molecule has 0 radical (unpaired) electrons. The zero-order chi connectivity index (χ0) is 22.3. The molecule has 1 aliphatic heterocycles. The summed E-state index contributed by atoms with van der Waals surface area (Å²) in [6.07, 6.45) is -1.88. The van der Waals surface area contributed by atoms with Gasteiger partial charge in [-0.25, -0.2) is 9.37 Å². The van der Waals surface area contributed by atoms with Gasteiger partial charge in [-0.3, -0.25) is 14.3 Å². The molecule has 0 aliphatic carbocycles. The number of anilines is 1. The summed E-state index contributed by atoms with van der Waals surface area (Å²) in [5.74, 6) is -2.28. The van der Waals surface area contributed by atoms with Gasteiger partial charge in [-0.1, -0.05) is 12.1 Å². The second-order valence-electron chi connectivity index (χ2n) is 7.29. The zero-order valence-corrected chi connectivity index (χ0v) is 16.2. The van der Waals surface area contributed by atoms with Crippen LogP contribution in [0.15, 0.2) is 48.8 Å². The molecule has 1 aromatic carbocycles. The summed E-state index contributed by atoms with van der Waals surface area (Å²) in [6, 6.07) is 6.55. The Bertz CT molecular complexity index is 1140. The summed E-state index contributed by atoms with van der Waals surface area (Å²) in [5, 5.41) is 6.74. The van der Waals surface area contributed by atoms with E-state index in [1.54, 1.807) is 0 Å². The first-order valence-electron chi connectivity index (χ1n) is 9.37. The number of Topliss-reactive ketones (excluding diaryl/α,β-unsaturated/α-hetero) is 1. The lowest BCUT2D eigenvalue weighted by molar-refractivity contribution is -0.137. The molecule has 31 heavy (non-hydrogen) atoms. The molecule has 1 amide bonds. The van der Waals surface area contributed by atoms with E-state index in [0.717, 1.165) is 24.4 Å². The fourth-order valence-corrected chi connectivity index (χ4v) is 3.63. The molecule has 160 valence electrons. The highest BCUT2D eigenvalue weighted by Crippen LogP contribution is 2.39. The van der Waals surface area contributed by atoms with Gasteiger partial charge in [-0.2, -0.15) is 18.3 Å². The van der Waals surface area contributed by atoms with Gasteiger partial charge in [0.2, 0.25) is 0 Å². The predicted molar refractivity (Wildman–Crippen MR) is 102 cm³/mol. The summed E-state index contributed by atoms with van der Waals surface area (Å²) in [4.78, 5) is 29.3. The Morgan fingerprint density at radius 3 is 2.45 bits per heavy atom. The van der Waals surface area contributed by atoms with Crippen LogP contribution in [-0.4, -0.2) is 26.5 Å². The topological polar surface area (TPSA) is 76.9 Å². The lowest BCUT2D eigenvalue weighted by Crippen LogP contribution is -2.29. The maximum absolute atomic E-state index is 13.2. The molecule has 3 aromatic rings. The number of aromatic nitrogens is 3. The van der Waals surface area contributed by atoms with Crippen LogP contribution in [-0.2, 0) is 6.18 Å². The summed E-state index contributed by atoms with van der Waals surface area (Å²) in [5.41, 5.74) is -0.0761. The van der Waals surface area contributed by atoms with E-state index in [4.69, 9.17) is 0 Å². The van der Waals surface area contributed by atoms with E-state index in [-0.39, 0.29) is 28.9 Å². The third-order valence-corrected chi connectivity index (χ3v) is 5.19.